The maximum atomic E-state index is 12.3. The predicted molar refractivity (Wildman–Crippen MR) is 95.2 cm³/mol. The summed E-state index contributed by atoms with van der Waals surface area (Å²) < 4.78 is 18.2. The van der Waals surface area contributed by atoms with E-state index in [0.29, 0.717) is 11.8 Å². The van der Waals surface area contributed by atoms with Gasteiger partial charge in [-0.2, -0.15) is 0 Å². The second kappa shape index (κ2) is 6.09. The maximum Gasteiger partial charge on any atom is 0.331 e. The molecule has 4 nitrogen and oxygen atoms in total. The third kappa shape index (κ3) is 3.28. The lowest BCUT2D eigenvalue weighted by Crippen LogP contribution is -2.62. The molecule has 1 saturated heterocycles. The standard InChI is InChI=1S/C21H32O4/c1-4-19(12-23-13-19)14-24-20-7-16-6-17(8-20)10-21(9-16,11-20)25-18(22)5-15(2)3/h5,16-17H,4,6-14H2,1-3H3. The largest absolute Gasteiger partial charge is 0.456 e. The van der Waals surface area contributed by atoms with Crippen molar-refractivity contribution in [3.8, 4) is 0 Å². The first-order valence-electron chi connectivity index (χ1n) is 9.95. The summed E-state index contributed by atoms with van der Waals surface area (Å²) in [5.41, 5.74) is 0.848. The molecule has 5 rings (SSSR count). The number of carbonyl (C=O) groups is 1. The fourth-order valence-corrected chi connectivity index (χ4v) is 5.95. The summed E-state index contributed by atoms with van der Waals surface area (Å²) in [5.74, 6) is 1.13. The quantitative estimate of drug-likeness (QED) is 0.537. The molecule has 0 aromatic rings. The topological polar surface area (TPSA) is 44.8 Å². The van der Waals surface area contributed by atoms with Gasteiger partial charge in [0.05, 0.1) is 25.4 Å². The zero-order valence-electron chi connectivity index (χ0n) is 15.9. The summed E-state index contributed by atoms with van der Waals surface area (Å²) in [7, 11) is 0. The minimum atomic E-state index is -0.289. The second-order valence-electron chi connectivity index (χ2n) is 9.60. The highest BCUT2D eigenvalue weighted by molar-refractivity contribution is 5.83. The first-order valence-corrected chi connectivity index (χ1v) is 9.95. The highest BCUT2D eigenvalue weighted by atomic mass is 16.6. The van der Waals surface area contributed by atoms with E-state index < -0.39 is 0 Å². The van der Waals surface area contributed by atoms with Crippen molar-refractivity contribution in [1.82, 2.24) is 0 Å². The van der Waals surface area contributed by atoms with E-state index >= 15 is 0 Å². The van der Waals surface area contributed by atoms with Gasteiger partial charge in [0.2, 0.25) is 0 Å². The van der Waals surface area contributed by atoms with Crippen LogP contribution in [0.15, 0.2) is 11.6 Å². The summed E-state index contributed by atoms with van der Waals surface area (Å²) in [6.45, 7) is 8.56. The number of carbonyl (C=O) groups excluding carboxylic acids is 1. The number of rotatable bonds is 6. The molecule has 2 atom stereocenters. The average Bonchev–Trinajstić information content (AvgIpc) is 2.43. The van der Waals surface area contributed by atoms with Gasteiger partial charge >= 0.3 is 5.97 Å². The van der Waals surface area contributed by atoms with Gasteiger partial charge < -0.3 is 14.2 Å². The van der Waals surface area contributed by atoms with Gasteiger partial charge in [-0.25, -0.2) is 4.79 Å². The second-order valence-corrected chi connectivity index (χ2v) is 9.60. The Bertz CT molecular complexity index is 551. The van der Waals surface area contributed by atoms with Crippen LogP contribution in [-0.4, -0.2) is 37.0 Å². The monoisotopic (exact) mass is 348 g/mol. The van der Waals surface area contributed by atoms with E-state index in [-0.39, 0.29) is 22.6 Å². The van der Waals surface area contributed by atoms with E-state index in [4.69, 9.17) is 14.2 Å². The molecule has 2 unspecified atom stereocenters. The van der Waals surface area contributed by atoms with Crippen LogP contribution in [0.5, 0.6) is 0 Å². The Morgan fingerprint density at radius 3 is 2.28 bits per heavy atom. The van der Waals surface area contributed by atoms with Crippen LogP contribution in [0.2, 0.25) is 0 Å². The normalized spacial score (nSPS) is 40.4. The van der Waals surface area contributed by atoms with Crippen LogP contribution in [0, 0.1) is 17.3 Å². The number of ether oxygens (including phenoxy) is 3. The van der Waals surface area contributed by atoms with Gasteiger partial charge in [0.1, 0.15) is 5.60 Å². The van der Waals surface area contributed by atoms with Crippen LogP contribution in [0.1, 0.15) is 65.7 Å². The van der Waals surface area contributed by atoms with Crippen LogP contribution in [0.3, 0.4) is 0 Å². The lowest BCUT2D eigenvalue weighted by atomic mass is 9.52. The molecule has 4 heteroatoms. The summed E-state index contributed by atoms with van der Waals surface area (Å²) >= 11 is 0. The summed E-state index contributed by atoms with van der Waals surface area (Å²) in [6.07, 6.45) is 9.25. The van der Waals surface area contributed by atoms with Crippen molar-refractivity contribution in [3.63, 3.8) is 0 Å². The molecule has 25 heavy (non-hydrogen) atoms. The van der Waals surface area contributed by atoms with Crippen LogP contribution < -0.4 is 0 Å². The Labute approximate surface area is 151 Å². The van der Waals surface area contributed by atoms with Crippen molar-refractivity contribution in [2.45, 2.75) is 76.9 Å². The number of hydrogen-bond donors (Lipinski definition) is 0. The van der Waals surface area contributed by atoms with Crippen molar-refractivity contribution in [1.29, 1.82) is 0 Å². The lowest BCUT2D eigenvalue weighted by Gasteiger charge is -2.61. The van der Waals surface area contributed by atoms with Gasteiger partial charge in [0.15, 0.2) is 0 Å². The molecule has 5 fully saturated rings. The molecule has 140 valence electrons. The third-order valence-electron chi connectivity index (χ3n) is 6.93. The molecule has 5 aliphatic rings. The van der Waals surface area contributed by atoms with E-state index in [1.807, 2.05) is 13.8 Å². The first kappa shape index (κ1) is 17.5. The molecule has 0 spiro atoms. The third-order valence-corrected chi connectivity index (χ3v) is 6.93. The van der Waals surface area contributed by atoms with Crippen LogP contribution in [0.4, 0.5) is 0 Å². The fourth-order valence-electron chi connectivity index (χ4n) is 5.95. The number of esters is 1. The molecule has 0 aromatic carbocycles. The van der Waals surface area contributed by atoms with E-state index in [9.17, 15) is 4.79 Å². The Hall–Kier alpha value is -0.870. The van der Waals surface area contributed by atoms with Crippen LogP contribution in [0.25, 0.3) is 0 Å². The molecule has 4 saturated carbocycles. The molecule has 0 amide bonds. The predicted octanol–water partition coefficient (Wildman–Crippen LogP) is 4.03. The van der Waals surface area contributed by atoms with Crippen molar-refractivity contribution in [2.75, 3.05) is 19.8 Å². The first-order chi connectivity index (χ1) is 11.9. The van der Waals surface area contributed by atoms with Crippen LogP contribution in [-0.2, 0) is 19.0 Å². The smallest absolute Gasteiger partial charge is 0.331 e. The summed E-state index contributed by atoms with van der Waals surface area (Å²) in [6, 6.07) is 0. The molecule has 0 radical (unpaired) electrons. The Balaban J connectivity index is 1.48. The number of allylic oxidation sites excluding steroid dienone is 1. The molecule has 1 aliphatic heterocycles. The summed E-state index contributed by atoms with van der Waals surface area (Å²) in [5, 5.41) is 0. The average molecular weight is 348 g/mol. The van der Waals surface area contributed by atoms with E-state index in [1.165, 1.54) is 6.42 Å². The highest BCUT2D eigenvalue weighted by Crippen LogP contribution is 2.60. The zero-order chi connectivity index (χ0) is 17.7. The molecular weight excluding hydrogens is 316 g/mol. The molecule has 1 heterocycles. The van der Waals surface area contributed by atoms with E-state index in [1.54, 1.807) is 6.08 Å². The Morgan fingerprint density at radius 2 is 1.76 bits per heavy atom. The maximum absolute atomic E-state index is 12.3. The number of hydrogen-bond acceptors (Lipinski definition) is 4. The highest BCUT2D eigenvalue weighted by Gasteiger charge is 2.60. The van der Waals surface area contributed by atoms with Crippen molar-refractivity contribution in [3.05, 3.63) is 11.6 Å². The van der Waals surface area contributed by atoms with Gasteiger partial charge in [-0.3, -0.25) is 0 Å². The fraction of sp³-hybridized carbons (Fsp3) is 0.857. The van der Waals surface area contributed by atoms with Gasteiger partial charge in [0.25, 0.3) is 0 Å². The molecule has 0 N–H and O–H groups in total. The Kier molecular flexibility index (Phi) is 4.27. The molecule has 4 bridgehead atoms. The minimum Gasteiger partial charge on any atom is -0.456 e. The van der Waals surface area contributed by atoms with E-state index in [2.05, 4.69) is 6.92 Å². The van der Waals surface area contributed by atoms with Gasteiger partial charge in [-0.1, -0.05) is 12.5 Å². The van der Waals surface area contributed by atoms with Gasteiger partial charge in [-0.15, -0.1) is 0 Å². The van der Waals surface area contributed by atoms with Gasteiger partial charge in [0, 0.05) is 17.9 Å². The van der Waals surface area contributed by atoms with Crippen molar-refractivity contribution in [2.24, 2.45) is 17.3 Å². The summed E-state index contributed by atoms with van der Waals surface area (Å²) in [4.78, 5) is 12.3. The lowest BCUT2D eigenvalue weighted by molar-refractivity contribution is -0.253. The van der Waals surface area contributed by atoms with Crippen LogP contribution >= 0.6 is 0 Å². The minimum absolute atomic E-state index is 0.0763. The molecular formula is C21H32O4. The Morgan fingerprint density at radius 1 is 1.12 bits per heavy atom. The van der Waals surface area contributed by atoms with Crippen molar-refractivity contribution < 1.29 is 19.0 Å². The zero-order valence-corrected chi connectivity index (χ0v) is 15.9. The SMILES string of the molecule is CCC1(COC23CC4CC(C2)CC(OC(=O)C=C(C)C)(C4)C3)COC1. The van der Waals surface area contributed by atoms with E-state index in [0.717, 1.165) is 63.9 Å². The van der Waals surface area contributed by atoms with Gasteiger partial charge in [-0.05, 0) is 64.2 Å². The molecule has 0 aromatic heterocycles. The molecule has 4 aliphatic carbocycles. The van der Waals surface area contributed by atoms with Crippen molar-refractivity contribution >= 4 is 5.97 Å².